The Bertz CT molecular complexity index is 355. The van der Waals surface area contributed by atoms with Gasteiger partial charge < -0.3 is 0 Å². The summed E-state index contributed by atoms with van der Waals surface area (Å²) in [4.78, 5) is 4.51. The summed E-state index contributed by atoms with van der Waals surface area (Å²) in [7, 11) is 0. The summed E-state index contributed by atoms with van der Waals surface area (Å²) in [5.41, 5.74) is 0.779. The van der Waals surface area contributed by atoms with E-state index in [9.17, 15) is 0 Å². The molecule has 1 aromatic heterocycles. The molecule has 0 unspecified atom stereocenters. The van der Waals surface area contributed by atoms with E-state index in [1.54, 1.807) is 11.3 Å². The molecule has 2 nitrogen and oxygen atoms in total. The predicted molar refractivity (Wildman–Crippen MR) is 52.7 cm³/mol. The highest BCUT2D eigenvalue weighted by Crippen LogP contribution is 2.41. The van der Waals surface area contributed by atoms with E-state index in [0.29, 0.717) is 5.92 Å². The van der Waals surface area contributed by atoms with E-state index in [1.165, 1.54) is 18.5 Å². The molecule has 2 rings (SSSR count). The largest absolute Gasteiger partial charge is 0.244 e. The van der Waals surface area contributed by atoms with Crippen molar-refractivity contribution in [2.45, 2.75) is 38.0 Å². The molecule has 0 aromatic carbocycles. The summed E-state index contributed by atoms with van der Waals surface area (Å²) in [5.74, 6) is 0.694. The summed E-state index contributed by atoms with van der Waals surface area (Å²) in [6.45, 7) is 3.84. The Labute approximate surface area is 82.2 Å². The Morgan fingerprint density at radius 1 is 1.62 bits per heavy atom. The van der Waals surface area contributed by atoms with Crippen molar-refractivity contribution >= 4 is 11.3 Å². The smallest absolute Gasteiger partial charge is 0.113 e. The molecule has 1 fully saturated rings. The molecule has 0 saturated heterocycles. The second-order valence-electron chi connectivity index (χ2n) is 4.09. The van der Waals surface area contributed by atoms with E-state index >= 15 is 0 Å². The van der Waals surface area contributed by atoms with E-state index in [2.05, 4.69) is 16.4 Å². The zero-order chi connectivity index (χ0) is 9.47. The van der Waals surface area contributed by atoms with E-state index in [1.807, 2.05) is 13.8 Å². The summed E-state index contributed by atoms with van der Waals surface area (Å²) in [6.07, 6.45) is 2.55. The van der Waals surface area contributed by atoms with Crippen molar-refractivity contribution in [2.24, 2.45) is 0 Å². The third kappa shape index (κ3) is 1.59. The van der Waals surface area contributed by atoms with Crippen LogP contribution in [0.4, 0.5) is 0 Å². The molecule has 0 amide bonds. The standard InChI is InChI=1S/C10H12N2S/c1-10(2,6-11)9-12-8(5-13-9)7-3-4-7/h5,7H,3-4H2,1-2H3. The molecule has 1 aliphatic rings. The summed E-state index contributed by atoms with van der Waals surface area (Å²) >= 11 is 1.62. The van der Waals surface area contributed by atoms with Crippen molar-refractivity contribution in [2.75, 3.05) is 0 Å². The first-order valence-electron chi connectivity index (χ1n) is 4.50. The molecule has 0 aliphatic heterocycles. The Morgan fingerprint density at radius 2 is 2.31 bits per heavy atom. The number of aromatic nitrogens is 1. The lowest BCUT2D eigenvalue weighted by atomic mass is 9.97. The summed E-state index contributed by atoms with van der Waals surface area (Å²) in [6, 6.07) is 2.28. The van der Waals surface area contributed by atoms with Gasteiger partial charge in [-0.25, -0.2) is 4.98 Å². The van der Waals surface area contributed by atoms with E-state index in [0.717, 1.165) is 5.01 Å². The van der Waals surface area contributed by atoms with Crippen molar-refractivity contribution in [3.05, 3.63) is 16.1 Å². The molecule has 1 saturated carbocycles. The van der Waals surface area contributed by atoms with E-state index in [4.69, 9.17) is 5.26 Å². The molecular weight excluding hydrogens is 180 g/mol. The van der Waals surface area contributed by atoms with E-state index in [-0.39, 0.29) is 0 Å². The third-order valence-electron chi connectivity index (χ3n) is 2.33. The molecule has 1 aromatic rings. The van der Waals surface area contributed by atoms with Crippen molar-refractivity contribution in [1.82, 2.24) is 4.98 Å². The van der Waals surface area contributed by atoms with Gasteiger partial charge >= 0.3 is 0 Å². The van der Waals surface area contributed by atoms with Gasteiger partial charge in [0, 0.05) is 11.3 Å². The maximum Gasteiger partial charge on any atom is 0.113 e. The molecule has 1 heterocycles. The Morgan fingerprint density at radius 3 is 2.85 bits per heavy atom. The van der Waals surface area contributed by atoms with Gasteiger partial charge in [-0.1, -0.05) is 0 Å². The highest BCUT2D eigenvalue weighted by Gasteiger charge is 2.29. The second kappa shape index (κ2) is 2.81. The number of nitriles is 1. The number of nitrogens with zero attached hydrogens (tertiary/aromatic N) is 2. The fourth-order valence-electron chi connectivity index (χ4n) is 1.19. The molecule has 3 heteroatoms. The number of hydrogen-bond donors (Lipinski definition) is 0. The summed E-state index contributed by atoms with van der Waals surface area (Å²) < 4.78 is 0. The fourth-order valence-corrected chi connectivity index (χ4v) is 2.16. The van der Waals surface area contributed by atoms with Crippen molar-refractivity contribution in [3.8, 4) is 6.07 Å². The maximum atomic E-state index is 8.93. The third-order valence-corrected chi connectivity index (χ3v) is 3.52. The van der Waals surface area contributed by atoms with Crippen LogP contribution in [0.25, 0.3) is 0 Å². The first kappa shape index (κ1) is 8.71. The highest BCUT2D eigenvalue weighted by molar-refractivity contribution is 7.09. The van der Waals surface area contributed by atoms with Gasteiger partial charge in [0.05, 0.1) is 11.8 Å². The van der Waals surface area contributed by atoms with Crippen molar-refractivity contribution < 1.29 is 0 Å². The molecule has 13 heavy (non-hydrogen) atoms. The van der Waals surface area contributed by atoms with Gasteiger partial charge in [-0.3, -0.25) is 0 Å². The molecular formula is C10H12N2S. The highest BCUT2D eigenvalue weighted by atomic mass is 32.1. The lowest BCUT2D eigenvalue weighted by Gasteiger charge is -2.09. The molecule has 0 radical (unpaired) electrons. The van der Waals surface area contributed by atoms with Crippen LogP contribution in [-0.2, 0) is 5.41 Å². The van der Waals surface area contributed by atoms with Crippen LogP contribution in [0.15, 0.2) is 5.38 Å². The molecule has 1 aliphatic carbocycles. The second-order valence-corrected chi connectivity index (χ2v) is 4.95. The van der Waals surface area contributed by atoms with Crippen LogP contribution in [0.5, 0.6) is 0 Å². The van der Waals surface area contributed by atoms with Crippen LogP contribution in [0, 0.1) is 11.3 Å². The van der Waals surface area contributed by atoms with Crippen LogP contribution < -0.4 is 0 Å². The average Bonchev–Trinajstić information content (AvgIpc) is 2.83. The topological polar surface area (TPSA) is 36.7 Å². The van der Waals surface area contributed by atoms with Crippen molar-refractivity contribution in [1.29, 1.82) is 5.26 Å². The molecule has 68 valence electrons. The van der Waals surface area contributed by atoms with Gasteiger partial charge in [0.2, 0.25) is 0 Å². The predicted octanol–water partition coefficient (Wildman–Crippen LogP) is 2.82. The van der Waals surface area contributed by atoms with Crippen LogP contribution in [0.2, 0.25) is 0 Å². The Kier molecular flexibility index (Phi) is 1.88. The first-order chi connectivity index (χ1) is 6.13. The Balaban J connectivity index is 2.27. The first-order valence-corrected chi connectivity index (χ1v) is 5.38. The maximum absolute atomic E-state index is 8.93. The summed E-state index contributed by atoms with van der Waals surface area (Å²) in [5, 5.41) is 12.0. The van der Waals surface area contributed by atoms with Crippen molar-refractivity contribution in [3.63, 3.8) is 0 Å². The molecule has 0 N–H and O–H groups in total. The van der Waals surface area contributed by atoms with Gasteiger partial charge in [0.25, 0.3) is 0 Å². The molecule has 0 bridgehead atoms. The number of thiazole rings is 1. The van der Waals surface area contributed by atoms with E-state index < -0.39 is 5.41 Å². The minimum absolute atomic E-state index is 0.419. The van der Waals surface area contributed by atoms with Gasteiger partial charge in [-0.05, 0) is 26.7 Å². The molecule has 0 atom stereocenters. The quantitative estimate of drug-likeness (QED) is 0.722. The lowest BCUT2D eigenvalue weighted by molar-refractivity contribution is 0.675. The molecule has 0 spiro atoms. The van der Waals surface area contributed by atoms with Crippen LogP contribution in [-0.4, -0.2) is 4.98 Å². The average molecular weight is 192 g/mol. The zero-order valence-corrected chi connectivity index (χ0v) is 8.69. The minimum atomic E-state index is -0.419. The van der Waals surface area contributed by atoms with Crippen LogP contribution in [0.3, 0.4) is 0 Å². The SMILES string of the molecule is CC(C)(C#N)c1nc(C2CC2)cs1. The lowest BCUT2D eigenvalue weighted by Crippen LogP contribution is -2.13. The minimum Gasteiger partial charge on any atom is -0.244 e. The van der Waals surface area contributed by atoms with Gasteiger partial charge in [-0.2, -0.15) is 5.26 Å². The Hall–Kier alpha value is -0.880. The fraction of sp³-hybridized carbons (Fsp3) is 0.600. The zero-order valence-electron chi connectivity index (χ0n) is 7.87. The van der Waals surface area contributed by atoms with Crippen LogP contribution >= 0.6 is 11.3 Å². The van der Waals surface area contributed by atoms with Gasteiger partial charge in [0.1, 0.15) is 10.4 Å². The number of hydrogen-bond acceptors (Lipinski definition) is 3. The normalized spacial score (nSPS) is 17.0. The van der Waals surface area contributed by atoms with Gasteiger partial charge in [-0.15, -0.1) is 11.3 Å². The monoisotopic (exact) mass is 192 g/mol. The number of rotatable bonds is 2. The van der Waals surface area contributed by atoms with Crippen LogP contribution in [0.1, 0.15) is 43.3 Å². The van der Waals surface area contributed by atoms with Gasteiger partial charge in [0.15, 0.2) is 0 Å².